The van der Waals surface area contributed by atoms with Crippen molar-refractivity contribution in [2.45, 2.75) is 31.4 Å². The van der Waals surface area contributed by atoms with Crippen LogP contribution in [-0.4, -0.2) is 66.8 Å². The summed E-state index contributed by atoms with van der Waals surface area (Å²) < 4.78 is 4.56. The normalized spacial score (nSPS) is 20.0. The Hall–Kier alpha value is -1.18. The van der Waals surface area contributed by atoms with E-state index in [4.69, 9.17) is 5.73 Å². The van der Waals surface area contributed by atoms with Crippen LogP contribution < -0.4 is 11.1 Å². The van der Waals surface area contributed by atoms with Gasteiger partial charge < -0.3 is 20.9 Å². The predicted octanol–water partition coefficient (Wildman–Crippen LogP) is -1.55. The summed E-state index contributed by atoms with van der Waals surface area (Å²) in [5.74, 6) is -1.19. The Morgan fingerprint density at radius 2 is 2.05 bits per heavy atom. The van der Waals surface area contributed by atoms with Gasteiger partial charge in [0.15, 0.2) is 5.60 Å². The van der Waals surface area contributed by atoms with Crippen molar-refractivity contribution < 1.29 is 19.4 Å². The van der Waals surface area contributed by atoms with E-state index in [-0.39, 0.29) is 19.1 Å². The van der Waals surface area contributed by atoms with Crippen LogP contribution >= 0.6 is 0 Å². The monoisotopic (exact) mass is 273 g/mol. The van der Waals surface area contributed by atoms with Crippen molar-refractivity contribution in [3.05, 3.63) is 0 Å². The number of nitrogens with two attached hydrogens (primary N) is 1. The van der Waals surface area contributed by atoms with Crippen LogP contribution in [0, 0.1) is 0 Å². The van der Waals surface area contributed by atoms with E-state index in [1.807, 2.05) is 0 Å². The molecule has 7 heteroatoms. The van der Waals surface area contributed by atoms with Crippen LogP contribution in [0.15, 0.2) is 0 Å². The van der Waals surface area contributed by atoms with Gasteiger partial charge in [0.1, 0.15) is 0 Å². The summed E-state index contributed by atoms with van der Waals surface area (Å²) in [6.45, 7) is 3.14. The van der Waals surface area contributed by atoms with E-state index in [0.29, 0.717) is 0 Å². The number of rotatable bonds is 6. The summed E-state index contributed by atoms with van der Waals surface area (Å²) in [7, 11) is 1.22. The van der Waals surface area contributed by atoms with E-state index in [0.717, 1.165) is 25.9 Å². The first-order valence-corrected chi connectivity index (χ1v) is 6.40. The number of carbonyl (C=O) groups excluding carboxylic acids is 2. The Balaban J connectivity index is 2.73. The third kappa shape index (κ3) is 4.77. The van der Waals surface area contributed by atoms with Gasteiger partial charge in [0, 0.05) is 12.6 Å². The standard InChI is InChI=1S/C12H23N3O4/c1-12(18,11(17)19-2)8-15(7-10(13)16)9-3-5-14-6-4-9/h9,14,18H,3-8H2,1-2H3,(H2,13,16). The molecule has 1 heterocycles. The van der Waals surface area contributed by atoms with Gasteiger partial charge in [-0.3, -0.25) is 9.69 Å². The van der Waals surface area contributed by atoms with Crippen LogP contribution in [0.3, 0.4) is 0 Å². The minimum atomic E-state index is -1.64. The Morgan fingerprint density at radius 3 is 2.53 bits per heavy atom. The topological polar surface area (TPSA) is 105 Å². The summed E-state index contributed by atoms with van der Waals surface area (Å²) in [5, 5.41) is 13.3. The SMILES string of the molecule is COC(=O)C(C)(O)CN(CC(N)=O)C1CCNCC1. The average molecular weight is 273 g/mol. The van der Waals surface area contributed by atoms with Gasteiger partial charge >= 0.3 is 5.97 Å². The Morgan fingerprint density at radius 1 is 1.47 bits per heavy atom. The zero-order chi connectivity index (χ0) is 14.5. The molecule has 0 radical (unpaired) electrons. The van der Waals surface area contributed by atoms with Crippen molar-refractivity contribution in [1.29, 1.82) is 0 Å². The molecule has 1 saturated heterocycles. The first-order valence-electron chi connectivity index (χ1n) is 6.40. The molecule has 0 saturated carbocycles. The second kappa shape index (κ2) is 6.83. The lowest BCUT2D eigenvalue weighted by Crippen LogP contribution is -2.54. The maximum atomic E-state index is 11.5. The van der Waals surface area contributed by atoms with Gasteiger partial charge in [-0.15, -0.1) is 0 Å². The van der Waals surface area contributed by atoms with Crippen molar-refractivity contribution in [2.75, 3.05) is 33.3 Å². The number of amides is 1. The molecule has 1 aliphatic heterocycles. The van der Waals surface area contributed by atoms with Crippen LogP contribution in [0.1, 0.15) is 19.8 Å². The Bertz CT molecular complexity index is 327. The minimum absolute atomic E-state index is 0.0256. The maximum Gasteiger partial charge on any atom is 0.338 e. The lowest BCUT2D eigenvalue weighted by Gasteiger charge is -2.37. The molecule has 0 spiro atoms. The number of nitrogens with one attached hydrogen (secondary N) is 1. The molecule has 1 atom stereocenters. The van der Waals surface area contributed by atoms with Gasteiger partial charge in [-0.1, -0.05) is 0 Å². The van der Waals surface area contributed by atoms with Gasteiger partial charge in [-0.25, -0.2) is 4.79 Å². The summed E-state index contributed by atoms with van der Waals surface area (Å²) in [4.78, 5) is 24.4. The van der Waals surface area contributed by atoms with Crippen LogP contribution in [0.5, 0.6) is 0 Å². The number of primary amides is 1. The zero-order valence-electron chi connectivity index (χ0n) is 11.5. The molecule has 0 aromatic rings. The lowest BCUT2D eigenvalue weighted by molar-refractivity contribution is -0.163. The van der Waals surface area contributed by atoms with Crippen LogP contribution in [0.25, 0.3) is 0 Å². The number of nitrogens with zero attached hydrogens (tertiary/aromatic N) is 1. The molecule has 0 aromatic heterocycles. The van der Waals surface area contributed by atoms with Crippen LogP contribution in [0.2, 0.25) is 0 Å². The molecule has 19 heavy (non-hydrogen) atoms. The highest BCUT2D eigenvalue weighted by molar-refractivity contribution is 5.79. The summed E-state index contributed by atoms with van der Waals surface area (Å²) in [6.07, 6.45) is 1.70. The van der Waals surface area contributed by atoms with Gasteiger partial charge in [0.05, 0.1) is 13.7 Å². The van der Waals surface area contributed by atoms with Gasteiger partial charge in [-0.05, 0) is 32.9 Å². The lowest BCUT2D eigenvalue weighted by atomic mass is 10.0. The number of methoxy groups -OCH3 is 1. The van der Waals surface area contributed by atoms with Crippen molar-refractivity contribution >= 4 is 11.9 Å². The molecule has 0 aliphatic carbocycles. The predicted molar refractivity (Wildman–Crippen MR) is 69.3 cm³/mol. The summed E-state index contributed by atoms with van der Waals surface area (Å²) in [5.41, 5.74) is 3.59. The molecule has 4 N–H and O–H groups in total. The second-order valence-corrected chi connectivity index (χ2v) is 5.12. The second-order valence-electron chi connectivity index (χ2n) is 5.12. The fourth-order valence-electron chi connectivity index (χ4n) is 2.37. The van der Waals surface area contributed by atoms with Gasteiger partial charge in [0.2, 0.25) is 5.91 Å². The maximum absolute atomic E-state index is 11.5. The van der Waals surface area contributed by atoms with Crippen molar-refractivity contribution in [1.82, 2.24) is 10.2 Å². The Kier molecular flexibility index (Phi) is 5.71. The highest BCUT2D eigenvalue weighted by Crippen LogP contribution is 2.16. The number of hydrogen-bond donors (Lipinski definition) is 3. The van der Waals surface area contributed by atoms with E-state index >= 15 is 0 Å². The summed E-state index contributed by atoms with van der Waals surface area (Å²) >= 11 is 0. The minimum Gasteiger partial charge on any atom is -0.467 e. The Labute approximate surface area is 113 Å². The fourth-order valence-corrected chi connectivity index (χ4v) is 2.37. The number of hydrogen-bond acceptors (Lipinski definition) is 6. The number of aliphatic hydroxyl groups is 1. The molecule has 1 amide bonds. The van der Waals surface area contributed by atoms with Crippen molar-refractivity contribution in [3.63, 3.8) is 0 Å². The zero-order valence-corrected chi connectivity index (χ0v) is 11.5. The molecule has 1 aliphatic rings. The molecule has 110 valence electrons. The molecular formula is C12H23N3O4. The van der Waals surface area contributed by atoms with E-state index < -0.39 is 17.5 Å². The number of ether oxygens (including phenoxy) is 1. The number of carbonyl (C=O) groups is 2. The highest BCUT2D eigenvalue weighted by atomic mass is 16.5. The third-order valence-corrected chi connectivity index (χ3v) is 3.32. The van der Waals surface area contributed by atoms with E-state index in [1.165, 1.54) is 14.0 Å². The van der Waals surface area contributed by atoms with E-state index in [1.54, 1.807) is 4.90 Å². The van der Waals surface area contributed by atoms with Gasteiger partial charge in [0.25, 0.3) is 0 Å². The quantitative estimate of drug-likeness (QED) is 0.506. The molecule has 1 fully saturated rings. The van der Waals surface area contributed by atoms with E-state index in [2.05, 4.69) is 10.1 Å². The molecule has 1 rings (SSSR count). The molecule has 7 nitrogen and oxygen atoms in total. The summed E-state index contributed by atoms with van der Waals surface area (Å²) in [6, 6.07) is 0.130. The number of piperidine rings is 1. The third-order valence-electron chi connectivity index (χ3n) is 3.32. The molecule has 0 bridgehead atoms. The van der Waals surface area contributed by atoms with Crippen LogP contribution in [-0.2, 0) is 14.3 Å². The largest absolute Gasteiger partial charge is 0.467 e. The van der Waals surface area contributed by atoms with Crippen LogP contribution in [0.4, 0.5) is 0 Å². The highest BCUT2D eigenvalue weighted by Gasteiger charge is 2.36. The smallest absolute Gasteiger partial charge is 0.338 e. The molecule has 0 aromatic carbocycles. The first kappa shape index (κ1) is 15.9. The van der Waals surface area contributed by atoms with Crippen molar-refractivity contribution in [3.8, 4) is 0 Å². The fraction of sp³-hybridized carbons (Fsp3) is 0.833. The van der Waals surface area contributed by atoms with Crippen molar-refractivity contribution in [2.24, 2.45) is 5.73 Å². The van der Waals surface area contributed by atoms with Gasteiger partial charge in [-0.2, -0.15) is 0 Å². The number of esters is 1. The molecule has 1 unspecified atom stereocenters. The first-order chi connectivity index (χ1) is 8.86. The van der Waals surface area contributed by atoms with E-state index in [9.17, 15) is 14.7 Å². The molecular weight excluding hydrogens is 250 g/mol. The average Bonchev–Trinajstić information content (AvgIpc) is 2.37.